The van der Waals surface area contributed by atoms with Crippen LogP contribution >= 0.6 is 11.3 Å². The molecule has 0 saturated carbocycles. The summed E-state index contributed by atoms with van der Waals surface area (Å²) in [4.78, 5) is 23.3. The highest BCUT2D eigenvalue weighted by molar-refractivity contribution is 7.10. The Morgan fingerprint density at radius 3 is 2.61 bits per heavy atom. The minimum Gasteiger partial charge on any atom is -0.347 e. The predicted octanol–water partition coefficient (Wildman–Crippen LogP) is 1.78. The van der Waals surface area contributed by atoms with Crippen LogP contribution in [0, 0.1) is 0 Å². The van der Waals surface area contributed by atoms with Gasteiger partial charge in [0.2, 0.25) is 5.91 Å². The van der Waals surface area contributed by atoms with Crippen molar-refractivity contribution >= 4 is 23.2 Å². The van der Waals surface area contributed by atoms with Crippen molar-refractivity contribution in [3.63, 3.8) is 0 Å². The lowest BCUT2D eigenvalue weighted by Crippen LogP contribution is -2.57. The van der Waals surface area contributed by atoms with E-state index in [1.165, 1.54) is 22.3 Å². The lowest BCUT2D eigenvalue weighted by molar-refractivity contribution is -0.181. The number of nitrogens with zero attached hydrogens (tertiary/aromatic N) is 4. The zero-order valence-electron chi connectivity index (χ0n) is 16.1. The summed E-state index contributed by atoms with van der Waals surface area (Å²) in [5.41, 5.74) is 1.21. The molecule has 156 valence electrons. The summed E-state index contributed by atoms with van der Waals surface area (Å²) in [6.07, 6.45) is -3.34. The van der Waals surface area contributed by atoms with Gasteiger partial charge in [-0.2, -0.15) is 13.2 Å². The number of thiophene rings is 1. The van der Waals surface area contributed by atoms with Crippen molar-refractivity contribution in [2.24, 2.45) is 4.99 Å². The first-order chi connectivity index (χ1) is 13.3. The maximum atomic E-state index is 12.9. The van der Waals surface area contributed by atoms with Crippen LogP contribution in [0.2, 0.25) is 0 Å². The lowest BCUT2D eigenvalue weighted by atomic mass is 10.1. The second-order valence-corrected chi connectivity index (χ2v) is 8.08. The van der Waals surface area contributed by atoms with Crippen LogP contribution in [0.25, 0.3) is 0 Å². The van der Waals surface area contributed by atoms with E-state index in [9.17, 15) is 18.0 Å². The summed E-state index contributed by atoms with van der Waals surface area (Å²) in [6, 6.07) is 0.611. The van der Waals surface area contributed by atoms with Gasteiger partial charge in [0.25, 0.3) is 0 Å². The van der Waals surface area contributed by atoms with E-state index >= 15 is 0 Å². The van der Waals surface area contributed by atoms with E-state index in [-0.39, 0.29) is 12.5 Å². The summed E-state index contributed by atoms with van der Waals surface area (Å²) in [6.45, 7) is 4.16. The maximum Gasteiger partial charge on any atom is 0.403 e. The molecule has 2 aliphatic heterocycles. The largest absolute Gasteiger partial charge is 0.403 e. The Bertz CT molecular complexity index is 712. The second-order valence-electron chi connectivity index (χ2n) is 7.08. The van der Waals surface area contributed by atoms with Crippen molar-refractivity contribution in [1.29, 1.82) is 0 Å². The van der Waals surface area contributed by atoms with Crippen molar-refractivity contribution < 1.29 is 18.0 Å². The summed E-state index contributed by atoms with van der Waals surface area (Å²) < 4.78 is 38.6. The van der Waals surface area contributed by atoms with Crippen molar-refractivity contribution in [2.45, 2.75) is 32.1 Å². The fourth-order valence-corrected chi connectivity index (χ4v) is 4.48. The molecule has 3 heterocycles. The first kappa shape index (κ1) is 20.9. The van der Waals surface area contributed by atoms with Crippen molar-refractivity contribution in [3.05, 3.63) is 21.9 Å². The average Bonchev–Trinajstić information content (AvgIpc) is 3.15. The predicted molar refractivity (Wildman–Crippen MR) is 103 cm³/mol. The molecule has 1 aromatic rings. The Kier molecular flexibility index (Phi) is 6.49. The molecule has 0 radical (unpaired) electrons. The van der Waals surface area contributed by atoms with Gasteiger partial charge in [-0.25, -0.2) is 0 Å². The van der Waals surface area contributed by atoms with Crippen LogP contribution in [0.1, 0.15) is 17.4 Å². The molecule has 1 N–H and O–H groups in total. The van der Waals surface area contributed by atoms with E-state index in [2.05, 4.69) is 21.8 Å². The number of rotatable bonds is 3. The van der Waals surface area contributed by atoms with Crippen molar-refractivity contribution in [1.82, 2.24) is 20.0 Å². The number of carbonyl (C=O) groups excluding carboxylic acids is 1. The summed E-state index contributed by atoms with van der Waals surface area (Å²) >= 11 is 1.73. The first-order valence-electron chi connectivity index (χ1n) is 9.39. The number of amides is 1. The molecule has 1 aromatic heterocycles. The molecule has 1 unspecified atom stereocenters. The van der Waals surface area contributed by atoms with Crippen LogP contribution in [0.15, 0.2) is 16.4 Å². The SMILES string of the molecule is CN=C(NCC(=O)N1CCc2sccc2C1)N1CCN(C(C)C(F)(F)F)CC1. The molecule has 0 spiro atoms. The van der Waals surface area contributed by atoms with Gasteiger partial charge in [0.05, 0.1) is 6.54 Å². The van der Waals surface area contributed by atoms with Crippen molar-refractivity contribution in [3.8, 4) is 0 Å². The number of piperazine rings is 1. The number of fused-ring (bicyclic) bond motifs is 1. The van der Waals surface area contributed by atoms with E-state index in [0.29, 0.717) is 45.2 Å². The molecule has 1 atom stereocenters. The normalized spacial score (nSPS) is 20.1. The van der Waals surface area contributed by atoms with E-state index in [4.69, 9.17) is 0 Å². The summed E-state index contributed by atoms with van der Waals surface area (Å²) in [5, 5.41) is 5.13. The number of halogens is 3. The highest BCUT2D eigenvalue weighted by Crippen LogP contribution is 2.25. The number of carbonyl (C=O) groups is 1. The molecule has 0 aromatic carbocycles. The molecule has 1 amide bonds. The zero-order chi connectivity index (χ0) is 20.3. The number of hydrogen-bond donors (Lipinski definition) is 1. The highest BCUT2D eigenvalue weighted by atomic mass is 32.1. The van der Waals surface area contributed by atoms with Gasteiger partial charge in [0.1, 0.15) is 6.04 Å². The van der Waals surface area contributed by atoms with Gasteiger partial charge in [-0.1, -0.05) is 0 Å². The molecule has 0 bridgehead atoms. The Morgan fingerprint density at radius 2 is 1.96 bits per heavy atom. The smallest absolute Gasteiger partial charge is 0.347 e. The Labute approximate surface area is 167 Å². The minimum atomic E-state index is -4.22. The third-order valence-electron chi connectivity index (χ3n) is 5.41. The van der Waals surface area contributed by atoms with E-state index in [1.54, 1.807) is 18.4 Å². The highest BCUT2D eigenvalue weighted by Gasteiger charge is 2.41. The quantitative estimate of drug-likeness (QED) is 0.602. The van der Waals surface area contributed by atoms with Gasteiger partial charge >= 0.3 is 6.18 Å². The van der Waals surface area contributed by atoms with E-state index < -0.39 is 12.2 Å². The molecule has 1 saturated heterocycles. The third kappa shape index (κ3) is 4.78. The van der Waals surface area contributed by atoms with Gasteiger partial charge in [0.15, 0.2) is 5.96 Å². The first-order valence-corrected chi connectivity index (χ1v) is 10.3. The van der Waals surface area contributed by atoms with Crippen LogP contribution in [0.4, 0.5) is 13.2 Å². The van der Waals surface area contributed by atoms with Crippen LogP contribution in [0.5, 0.6) is 0 Å². The number of aliphatic imine (C=N–C) groups is 1. The lowest BCUT2D eigenvalue weighted by Gasteiger charge is -2.39. The Hall–Kier alpha value is -1.81. The fourth-order valence-electron chi connectivity index (χ4n) is 3.59. The van der Waals surface area contributed by atoms with Gasteiger partial charge < -0.3 is 15.1 Å². The van der Waals surface area contributed by atoms with Crippen LogP contribution in [-0.2, 0) is 17.8 Å². The number of guanidine groups is 1. The Morgan fingerprint density at radius 1 is 1.25 bits per heavy atom. The number of hydrogen-bond acceptors (Lipinski definition) is 4. The molecule has 6 nitrogen and oxygen atoms in total. The molecular weight excluding hydrogens is 391 g/mol. The van der Waals surface area contributed by atoms with Crippen LogP contribution < -0.4 is 5.32 Å². The maximum absolute atomic E-state index is 12.9. The van der Waals surface area contributed by atoms with Gasteiger partial charge in [-0.05, 0) is 30.4 Å². The summed E-state index contributed by atoms with van der Waals surface area (Å²) in [7, 11) is 1.62. The summed E-state index contributed by atoms with van der Waals surface area (Å²) in [5.74, 6) is 0.559. The molecule has 3 rings (SSSR count). The second kappa shape index (κ2) is 8.69. The van der Waals surface area contributed by atoms with Crippen LogP contribution in [0.3, 0.4) is 0 Å². The average molecular weight is 418 g/mol. The van der Waals surface area contributed by atoms with Gasteiger partial charge in [-0.15, -0.1) is 11.3 Å². The third-order valence-corrected chi connectivity index (χ3v) is 6.43. The van der Waals surface area contributed by atoms with E-state index in [0.717, 1.165) is 6.42 Å². The van der Waals surface area contributed by atoms with Gasteiger partial charge in [0, 0.05) is 51.2 Å². The molecule has 2 aliphatic rings. The standard InChI is InChI=1S/C18H26F3N5OS/c1-13(18(19,20)21)24-6-8-25(9-7-24)17(22-2)23-11-16(27)26-5-3-15-14(12-26)4-10-28-15/h4,10,13H,3,5-9,11-12H2,1-2H3,(H,22,23). The number of alkyl halides is 3. The Balaban J connectivity index is 1.47. The molecule has 1 fully saturated rings. The van der Waals surface area contributed by atoms with E-state index in [1.807, 2.05) is 9.80 Å². The minimum absolute atomic E-state index is 0.00216. The fraction of sp³-hybridized carbons (Fsp3) is 0.667. The molecule has 10 heteroatoms. The molecule has 0 aliphatic carbocycles. The topological polar surface area (TPSA) is 51.2 Å². The molecule has 28 heavy (non-hydrogen) atoms. The van der Waals surface area contributed by atoms with Gasteiger partial charge in [-0.3, -0.25) is 14.7 Å². The number of nitrogens with one attached hydrogen (secondary N) is 1. The van der Waals surface area contributed by atoms with Crippen molar-refractivity contribution in [2.75, 3.05) is 46.3 Å². The van der Waals surface area contributed by atoms with Crippen LogP contribution in [-0.4, -0.2) is 85.1 Å². The zero-order valence-corrected chi connectivity index (χ0v) is 16.9. The monoisotopic (exact) mass is 417 g/mol. The molecular formula is C18H26F3N5OS.